The van der Waals surface area contributed by atoms with Crippen LogP contribution in [0.3, 0.4) is 0 Å². The van der Waals surface area contributed by atoms with E-state index in [1.54, 1.807) is 12.1 Å². The molecule has 2 aromatic rings. The van der Waals surface area contributed by atoms with Crippen molar-refractivity contribution in [2.24, 2.45) is 5.92 Å². The van der Waals surface area contributed by atoms with Gasteiger partial charge in [-0.05, 0) is 42.4 Å². The molecular weight excluding hydrogens is 298 g/mol. The number of phenols is 1. The first kappa shape index (κ1) is 14.9. The highest BCUT2D eigenvalue weighted by molar-refractivity contribution is 6.34. The zero-order valence-corrected chi connectivity index (χ0v) is 12.9. The maximum atomic E-state index is 12.1. The van der Waals surface area contributed by atoms with Crippen LogP contribution in [-0.2, 0) is 4.79 Å². The summed E-state index contributed by atoms with van der Waals surface area (Å²) in [6.45, 7) is 0. The minimum atomic E-state index is -0.0973. The van der Waals surface area contributed by atoms with Gasteiger partial charge in [0, 0.05) is 6.42 Å². The molecule has 1 aliphatic carbocycles. The van der Waals surface area contributed by atoms with E-state index in [1.165, 1.54) is 11.6 Å². The molecule has 2 N–H and O–H groups in total. The molecule has 1 aliphatic rings. The van der Waals surface area contributed by atoms with Crippen LogP contribution in [0.5, 0.6) is 5.75 Å². The fraction of sp³-hybridized carbons (Fsp3) is 0.278. The molecule has 4 heteroatoms. The van der Waals surface area contributed by atoms with E-state index in [0.29, 0.717) is 29.0 Å². The Morgan fingerprint density at radius 3 is 2.55 bits per heavy atom. The van der Waals surface area contributed by atoms with Gasteiger partial charge in [0.1, 0.15) is 11.4 Å². The maximum absolute atomic E-state index is 12.1. The number of hydrogen-bond acceptors (Lipinski definition) is 2. The minimum absolute atomic E-state index is 0.00313. The summed E-state index contributed by atoms with van der Waals surface area (Å²) in [4.78, 5) is 12.1. The Morgan fingerprint density at radius 2 is 1.86 bits per heavy atom. The zero-order valence-electron chi connectivity index (χ0n) is 12.1. The third-order valence-electron chi connectivity index (χ3n) is 4.24. The van der Waals surface area contributed by atoms with E-state index in [2.05, 4.69) is 29.6 Å². The van der Waals surface area contributed by atoms with Crippen molar-refractivity contribution in [3.8, 4) is 5.75 Å². The topological polar surface area (TPSA) is 49.3 Å². The number of carbonyl (C=O) groups excluding carboxylic acids is 1. The molecule has 1 fully saturated rings. The predicted octanol–water partition coefficient (Wildman–Crippen LogP) is 4.57. The van der Waals surface area contributed by atoms with Crippen molar-refractivity contribution in [3.63, 3.8) is 0 Å². The number of amides is 1. The summed E-state index contributed by atoms with van der Waals surface area (Å²) < 4.78 is 0. The molecule has 3 nitrogen and oxygen atoms in total. The molecule has 2 aromatic carbocycles. The van der Waals surface area contributed by atoms with Gasteiger partial charge in [-0.25, -0.2) is 0 Å². The molecule has 1 amide bonds. The molecule has 0 unspecified atom stereocenters. The Labute approximate surface area is 134 Å². The number of aromatic hydroxyl groups is 1. The van der Waals surface area contributed by atoms with E-state index >= 15 is 0 Å². The Bertz CT molecular complexity index is 646. The van der Waals surface area contributed by atoms with Gasteiger partial charge in [-0.15, -0.1) is 0 Å². The summed E-state index contributed by atoms with van der Waals surface area (Å²) >= 11 is 5.99. The number of para-hydroxylation sites is 1. The average Bonchev–Trinajstić information content (AvgIpc) is 2.47. The van der Waals surface area contributed by atoms with Crippen molar-refractivity contribution < 1.29 is 9.90 Å². The van der Waals surface area contributed by atoms with Crippen LogP contribution in [0.25, 0.3) is 0 Å². The van der Waals surface area contributed by atoms with Crippen LogP contribution in [0, 0.1) is 5.92 Å². The Hall–Kier alpha value is -2.00. The van der Waals surface area contributed by atoms with Gasteiger partial charge in [-0.2, -0.15) is 0 Å². The van der Waals surface area contributed by atoms with Crippen LogP contribution in [0.1, 0.15) is 30.7 Å². The van der Waals surface area contributed by atoms with Gasteiger partial charge in [0.05, 0.1) is 5.02 Å². The van der Waals surface area contributed by atoms with Gasteiger partial charge in [0.15, 0.2) is 0 Å². The molecule has 3 rings (SSSR count). The van der Waals surface area contributed by atoms with Crippen LogP contribution in [0.4, 0.5) is 5.69 Å². The van der Waals surface area contributed by atoms with Crippen molar-refractivity contribution >= 4 is 23.2 Å². The van der Waals surface area contributed by atoms with Crippen LogP contribution >= 0.6 is 11.6 Å². The second-order valence-corrected chi connectivity index (χ2v) is 6.24. The van der Waals surface area contributed by atoms with Crippen molar-refractivity contribution in [1.29, 1.82) is 0 Å². The number of nitrogens with one attached hydrogen (secondary N) is 1. The standard InChI is InChI=1S/C18H18ClNO2/c19-15-7-4-8-16(21)18(15)20-17(22)11-12-9-14(10-12)13-5-2-1-3-6-13/h1-8,12,14,21H,9-11H2,(H,20,22). The predicted molar refractivity (Wildman–Crippen MR) is 88.3 cm³/mol. The minimum Gasteiger partial charge on any atom is -0.506 e. The van der Waals surface area contributed by atoms with Crippen molar-refractivity contribution in [3.05, 3.63) is 59.1 Å². The molecule has 0 aliphatic heterocycles. The average molecular weight is 316 g/mol. The SMILES string of the molecule is O=C(CC1CC(c2ccccc2)C1)Nc1c(O)cccc1Cl. The van der Waals surface area contributed by atoms with E-state index in [1.807, 2.05) is 6.07 Å². The molecule has 0 atom stereocenters. The molecule has 114 valence electrons. The summed E-state index contributed by atoms with van der Waals surface area (Å²) in [7, 11) is 0. The number of hydrogen-bond donors (Lipinski definition) is 2. The van der Waals surface area contributed by atoms with Crippen molar-refractivity contribution in [2.45, 2.75) is 25.2 Å². The number of carbonyl (C=O) groups is 1. The van der Waals surface area contributed by atoms with Crippen molar-refractivity contribution in [2.75, 3.05) is 5.32 Å². The smallest absolute Gasteiger partial charge is 0.224 e. The van der Waals surface area contributed by atoms with Crippen LogP contribution in [0.2, 0.25) is 5.02 Å². The lowest BCUT2D eigenvalue weighted by Gasteiger charge is -2.35. The highest BCUT2D eigenvalue weighted by Gasteiger charge is 2.31. The second kappa shape index (κ2) is 6.41. The largest absolute Gasteiger partial charge is 0.506 e. The molecule has 22 heavy (non-hydrogen) atoms. The summed E-state index contributed by atoms with van der Waals surface area (Å²) in [5, 5.41) is 12.8. The van der Waals surface area contributed by atoms with E-state index in [9.17, 15) is 9.90 Å². The lowest BCUT2D eigenvalue weighted by atomic mass is 9.70. The molecule has 0 saturated heterocycles. The Morgan fingerprint density at radius 1 is 1.14 bits per heavy atom. The Kier molecular flexibility index (Phi) is 4.34. The van der Waals surface area contributed by atoms with E-state index in [0.717, 1.165) is 12.8 Å². The van der Waals surface area contributed by atoms with Crippen molar-refractivity contribution in [1.82, 2.24) is 0 Å². The first-order valence-electron chi connectivity index (χ1n) is 7.45. The van der Waals surface area contributed by atoms with Gasteiger partial charge in [0.25, 0.3) is 0 Å². The first-order chi connectivity index (χ1) is 10.6. The summed E-state index contributed by atoms with van der Waals surface area (Å²) in [6, 6.07) is 15.2. The maximum Gasteiger partial charge on any atom is 0.224 e. The Balaban J connectivity index is 1.52. The first-order valence-corrected chi connectivity index (χ1v) is 7.83. The van der Waals surface area contributed by atoms with E-state index < -0.39 is 0 Å². The fourth-order valence-corrected chi connectivity index (χ4v) is 3.21. The lowest BCUT2D eigenvalue weighted by molar-refractivity contribution is -0.117. The van der Waals surface area contributed by atoms with E-state index in [4.69, 9.17) is 11.6 Å². The number of anilines is 1. The number of rotatable bonds is 4. The second-order valence-electron chi connectivity index (χ2n) is 5.83. The zero-order chi connectivity index (χ0) is 15.5. The highest BCUT2D eigenvalue weighted by atomic mass is 35.5. The summed E-state index contributed by atoms with van der Waals surface area (Å²) in [5.41, 5.74) is 1.65. The van der Waals surface area contributed by atoms with E-state index in [-0.39, 0.29) is 11.7 Å². The number of benzene rings is 2. The fourth-order valence-electron chi connectivity index (χ4n) is 2.99. The molecule has 0 bridgehead atoms. The quantitative estimate of drug-likeness (QED) is 0.812. The monoisotopic (exact) mass is 315 g/mol. The third kappa shape index (κ3) is 3.25. The molecule has 0 radical (unpaired) electrons. The van der Waals surface area contributed by atoms with Gasteiger partial charge >= 0.3 is 0 Å². The van der Waals surface area contributed by atoms with Gasteiger partial charge in [0.2, 0.25) is 5.91 Å². The lowest BCUT2D eigenvalue weighted by Crippen LogP contribution is -2.26. The molecule has 0 heterocycles. The van der Waals surface area contributed by atoms with Gasteiger partial charge in [-0.1, -0.05) is 48.0 Å². The molecule has 1 saturated carbocycles. The molecule has 0 aromatic heterocycles. The van der Waals surface area contributed by atoms with Crippen LogP contribution in [0.15, 0.2) is 48.5 Å². The summed E-state index contributed by atoms with van der Waals surface area (Å²) in [5.74, 6) is 0.860. The summed E-state index contributed by atoms with van der Waals surface area (Å²) in [6.07, 6.45) is 2.53. The van der Waals surface area contributed by atoms with Gasteiger partial charge < -0.3 is 10.4 Å². The molecular formula is C18H18ClNO2. The van der Waals surface area contributed by atoms with Crippen LogP contribution < -0.4 is 5.32 Å². The number of halogens is 1. The molecule has 0 spiro atoms. The number of phenolic OH excluding ortho intramolecular Hbond substituents is 1. The normalized spacial score (nSPS) is 20.2. The van der Waals surface area contributed by atoms with Crippen LogP contribution in [-0.4, -0.2) is 11.0 Å². The highest BCUT2D eigenvalue weighted by Crippen LogP contribution is 2.43. The third-order valence-corrected chi connectivity index (χ3v) is 4.55. The van der Waals surface area contributed by atoms with Gasteiger partial charge in [-0.3, -0.25) is 4.79 Å².